The van der Waals surface area contributed by atoms with Gasteiger partial charge in [-0.15, -0.1) is 0 Å². The highest BCUT2D eigenvalue weighted by atomic mass is 32.2. The number of sulfonamides is 1. The van der Waals surface area contributed by atoms with Gasteiger partial charge in [-0.3, -0.25) is 4.72 Å². The summed E-state index contributed by atoms with van der Waals surface area (Å²) >= 11 is 0. The van der Waals surface area contributed by atoms with E-state index in [2.05, 4.69) is 10.8 Å². The van der Waals surface area contributed by atoms with Gasteiger partial charge in [0.05, 0.1) is 18.6 Å². The van der Waals surface area contributed by atoms with Crippen LogP contribution in [0.25, 0.3) is 0 Å². The third-order valence-corrected chi connectivity index (χ3v) is 5.47. The Labute approximate surface area is 139 Å². The molecule has 0 atom stereocenters. The molecular formula is C17H15FN2O3S. The highest BCUT2D eigenvalue weighted by Gasteiger charge is 2.44. The monoisotopic (exact) mass is 346 g/mol. The number of halogens is 1. The van der Waals surface area contributed by atoms with Crippen molar-refractivity contribution in [3.8, 4) is 11.8 Å². The van der Waals surface area contributed by atoms with Crippen LogP contribution in [0.4, 0.5) is 10.1 Å². The van der Waals surface area contributed by atoms with Crippen LogP contribution in [0.2, 0.25) is 0 Å². The van der Waals surface area contributed by atoms with Gasteiger partial charge in [-0.25, -0.2) is 12.8 Å². The number of nitriles is 1. The number of nitrogens with zero attached hydrogens (tertiary/aromatic N) is 1. The lowest BCUT2D eigenvalue weighted by molar-refractivity contribution is 0.401. The molecule has 2 aromatic rings. The van der Waals surface area contributed by atoms with Crippen LogP contribution < -0.4 is 9.46 Å². The zero-order chi connectivity index (χ0) is 17.4. The van der Waals surface area contributed by atoms with E-state index in [9.17, 15) is 18.1 Å². The lowest BCUT2D eigenvalue weighted by Gasteiger charge is -2.12. The highest BCUT2D eigenvalue weighted by Crippen LogP contribution is 2.47. The van der Waals surface area contributed by atoms with Crippen LogP contribution >= 0.6 is 0 Å². The first-order valence-corrected chi connectivity index (χ1v) is 8.77. The van der Waals surface area contributed by atoms with Crippen molar-refractivity contribution in [2.24, 2.45) is 0 Å². The standard InChI is InChI=1S/C17H15FN2O3S/c1-23-15-7-4-13(18)10-16(15)24(21,22)20-14-5-2-12(3-6-14)17(11-19)8-9-17/h2-7,10,20H,8-9H2,1H3. The van der Waals surface area contributed by atoms with Gasteiger partial charge in [0.25, 0.3) is 10.0 Å². The topological polar surface area (TPSA) is 79.2 Å². The summed E-state index contributed by atoms with van der Waals surface area (Å²) in [6.45, 7) is 0. The van der Waals surface area contributed by atoms with E-state index in [0.29, 0.717) is 5.69 Å². The molecule has 7 heteroatoms. The summed E-state index contributed by atoms with van der Waals surface area (Å²) in [5.41, 5.74) is 0.776. The molecular weight excluding hydrogens is 331 g/mol. The van der Waals surface area contributed by atoms with E-state index in [1.807, 2.05) is 0 Å². The summed E-state index contributed by atoms with van der Waals surface area (Å²) in [5, 5.41) is 9.19. The molecule has 0 saturated heterocycles. The molecule has 3 rings (SSSR count). The Bertz CT molecular complexity index is 914. The zero-order valence-electron chi connectivity index (χ0n) is 12.9. The number of anilines is 1. The minimum absolute atomic E-state index is 0.0573. The van der Waals surface area contributed by atoms with Crippen molar-refractivity contribution in [2.75, 3.05) is 11.8 Å². The molecule has 1 fully saturated rings. The first-order valence-electron chi connectivity index (χ1n) is 7.28. The van der Waals surface area contributed by atoms with Crippen molar-refractivity contribution in [1.29, 1.82) is 5.26 Å². The fourth-order valence-electron chi connectivity index (χ4n) is 2.52. The first kappa shape index (κ1) is 16.3. The third-order valence-electron chi connectivity index (χ3n) is 4.07. The molecule has 24 heavy (non-hydrogen) atoms. The number of nitrogens with one attached hydrogen (secondary N) is 1. The van der Waals surface area contributed by atoms with Crippen LogP contribution in [0.3, 0.4) is 0 Å². The molecule has 0 aliphatic heterocycles. The van der Waals surface area contributed by atoms with Crippen LogP contribution in [0.15, 0.2) is 47.4 Å². The van der Waals surface area contributed by atoms with Crippen LogP contribution in [0.5, 0.6) is 5.75 Å². The minimum Gasteiger partial charge on any atom is -0.495 e. The molecule has 0 bridgehead atoms. The van der Waals surface area contributed by atoms with Gasteiger partial charge >= 0.3 is 0 Å². The average Bonchev–Trinajstić information content (AvgIpc) is 3.36. The van der Waals surface area contributed by atoms with E-state index in [1.165, 1.54) is 13.2 Å². The molecule has 0 aromatic heterocycles. The molecule has 1 N–H and O–H groups in total. The Balaban J connectivity index is 1.88. The lowest BCUT2D eigenvalue weighted by Crippen LogP contribution is -2.14. The smallest absolute Gasteiger partial charge is 0.265 e. The van der Waals surface area contributed by atoms with Gasteiger partial charge in [0.2, 0.25) is 0 Å². The maximum absolute atomic E-state index is 13.4. The van der Waals surface area contributed by atoms with E-state index in [4.69, 9.17) is 4.74 Å². The van der Waals surface area contributed by atoms with Crippen molar-refractivity contribution >= 4 is 15.7 Å². The molecule has 1 aliphatic rings. The quantitative estimate of drug-likeness (QED) is 0.902. The molecule has 5 nitrogen and oxygen atoms in total. The Kier molecular flexibility index (Phi) is 3.93. The molecule has 0 amide bonds. The van der Waals surface area contributed by atoms with Crippen molar-refractivity contribution in [1.82, 2.24) is 0 Å². The second-order valence-corrected chi connectivity index (χ2v) is 7.32. The molecule has 124 valence electrons. The van der Waals surface area contributed by atoms with Gasteiger partial charge in [-0.1, -0.05) is 12.1 Å². The summed E-state index contributed by atoms with van der Waals surface area (Å²) in [5.74, 6) is -0.613. The Morgan fingerprint density at radius 2 is 1.88 bits per heavy atom. The van der Waals surface area contributed by atoms with Crippen molar-refractivity contribution < 1.29 is 17.5 Å². The van der Waals surface area contributed by atoms with Crippen LogP contribution in [-0.2, 0) is 15.4 Å². The first-order chi connectivity index (χ1) is 11.4. The second kappa shape index (κ2) is 5.80. The van der Waals surface area contributed by atoms with E-state index < -0.39 is 21.3 Å². The second-order valence-electron chi connectivity index (χ2n) is 5.67. The summed E-state index contributed by atoms with van der Waals surface area (Å²) in [6.07, 6.45) is 1.63. The van der Waals surface area contributed by atoms with Crippen LogP contribution in [0.1, 0.15) is 18.4 Å². The van der Waals surface area contributed by atoms with Gasteiger partial charge < -0.3 is 4.74 Å². The van der Waals surface area contributed by atoms with Gasteiger partial charge in [-0.05, 0) is 48.7 Å². The number of hydrogen-bond acceptors (Lipinski definition) is 4. The van der Waals surface area contributed by atoms with Crippen molar-refractivity contribution in [2.45, 2.75) is 23.2 Å². The summed E-state index contributed by atoms with van der Waals surface area (Å²) in [4.78, 5) is -0.273. The van der Waals surface area contributed by atoms with E-state index in [-0.39, 0.29) is 10.6 Å². The Morgan fingerprint density at radius 1 is 1.21 bits per heavy atom. The Hall–Kier alpha value is -2.59. The molecule has 0 spiro atoms. The summed E-state index contributed by atoms with van der Waals surface area (Å²) < 4.78 is 45.7. The van der Waals surface area contributed by atoms with Gasteiger partial charge in [0.15, 0.2) is 0 Å². The number of rotatable bonds is 5. The average molecular weight is 346 g/mol. The SMILES string of the molecule is COc1ccc(F)cc1S(=O)(=O)Nc1ccc(C2(C#N)CC2)cc1. The van der Waals surface area contributed by atoms with Crippen LogP contribution in [0, 0.1) is 17.1 Å². The fourth-order valence-corrected chi connectivity index (χ4v) is 3.76. The fraction of sp³-hybridized carbons (Fsp3) is 0.235. The number of benzene rings is 2. The summed E-state index contributed by atoms with van der Waals surface area (Å²) in [6, 6.07) is 12.2. The number of hydrogen-bond donors (Lipinski definition) is 1. The number of methoxy groups -OCH3 is 1. The predicted octanol–water partition coefficient (Wildman–Crippen LogP) is 3.19. The molecule has 0 radical (unpaired) electrons. The number of ether oxygens (including phenoxy) is 1. The zero-order valence-corrected chi connectivity index (χ0v) is 13.7. The molecule has 2 aromatic carbocycles. The van der Waals surface area contributed by atoms with Gasteiger partial charge in [-0.2, -0.15) is 5.26 Å². The minimum atomic E-state index is -4.00. The molecule has 0 heterocycles. The molecule has 1 saturated carbocycles. The molecule has 0 unspecified atom stereocenters. The summed E-state index contributed by atoms with van der Waals surface area (Å²) in [7, 11) is -2.68. The van der Waals surface area contributed by atoms with Crippen LogP contribution in [-0.4, -0.2) is 15.5 Å². The normalized spacial score (nSPS) is 15.4. The van der Waals surface area contributed by atoms with Gasteiger partial charge in [0, 0.05) is 5.69 Å². The molecule has 1 aliphatic carbocycles. The Morgan fingerprint density at radius 3 is 2.42 bits per heavy atom. The van der Waals surface area contributed by atoms with Crippen molar-refractivity contribution in [3.05, 3.63) is 53.8 Å². The third kappa shape index (κ3) is 2.93. The highest BCUT2D eigenvalue weighted by molar-refractivity contribution is 7.92. The van der Waals surface area contributed by atoms with Crippen molar-refractivity contribution in [3.63, 3.8) is 0 Å². The maximum Gasteiger partial charge on any atom is 0.265 e. The lowest BCUT2D eigenvalue weighted by atomic mass is 9.98. The van der Waals surface area contributed by atoms with E-state index in [0.717, 1.165) is 30.5 Å². The van der Waals surface area contributed by atoms with E-state index >= 15 is 0 Å². The van der Waals surface area contributed by atoms with Gasteiger partial charge in [0.1, 0.15) is 16.5 Å². The largest absolute Gasteiger partial charge is 0.495 e. The maximum atomic E-state index is 13.4. The van der Waals surface area contributed by atoms with E-state index in [1.54, 1.807) is 24.3 Å². The predicted molar refractivity (Wildman–Crippen MR) is 86.7 cm³/mol.